The second-order valence-electron chi connectivity index (χ2n) is 3.86. The smallest absolute Gasteiger partial charge is 0.328 e. The van der Waals surface area contributed by atoms with Gasteiger partial charge in [0.2, 0.25) is 5.78 Å². The van der Waals surface area contributed by atoms with E-state index < -0.39 is 17.6 Å². The molecule has 96 valence electrons. The third kappa shape index (κ3) is 2.36. The Hall–Kier alpha value is -1.49. The van der Waals surface area contributed by atoms with Crippen molar-refractivity contribution >= 4 is 28.4 Å². The normalized spacial score (nSPS) is 12.0. The Morgan fingerprint density at radius 1 is 1.44 bits per heavy atom. The number of imidazole rings is 1. The van der Waals surface area contributed by atoms with Crippen LogP contribution in [0.3, 0.4) is 0 Å². The Balaban J connectivity index is 2.42. The van der Waals surface area contributed by atoms with Crippen LogP contribution in [0, 0.1) is 0 Å². The van der Waals surface area contributed by atoms with Gasteiger partial charge in [0.05, 0.1) is 17.5 Å². The summed E-state index contributed by atoms with van der Waals surface area (Å²) >= 11 is 4.71. The Labute approximate surface area is 107 Å². The molecule has 1 aromatic heterocycles. The maximum Gasteiger partial charge on any atom is 0.380 e. The number of para-hydroxylation sites is 2. The van der Waals surface area contributed by atoms with Crippen molar-refractivity contribution in [3.8, 4) is 0 Å². The number of alkyl halides is 3. The number of carbonyl (C=O) groups is 1. The van der Waals surface area contributed by atoms with E-state index >= 15 is 0 Å². The third-order valence-corrected chi connectivity index (χ3v) is 2.90. The fourth-order valence-electron chi connectivity index (χ4n) is 1.86. The molecule has 1 aromatic carbocycles. The number of halogens is 3. The van der Waals surface area contributed by atoms with Crippen LogP contribution in [0.2, 0.25) is 0 Å². The zero-order valence-electron chi connectivity index (χ0n) is 9.66. The molecule has 0 saturated carbocycles. The van der Waals surface area contributed by atoms with E-state index in [0.29, 0.717) is 17.9 Å². The number of hydrogen-bond donors (Lipinski definition) is 0. The van der Waals surface area contributed by atoms with Crippen molar-refractivity contribution in [1.82, 2.24) is 9.55 Å². The number of benzene rings is 1. The standard InChI is InChI=1S/C12H11ClF2N2O/c1-2-17-9-6-4-3-5-8(9)16-11(17)7-10(18)12(13,14)15/h3-6H,2,7H2,1H3. The predicted molar refractivity (Wildman–Crippen MR) is 64.9 cm³/mol. The van der Waals surface area contributed by atoms with Gasteiger partial charge >= 0.3 is 5.38 Å². The minimum Gasteiger partial charge on any atom is -0.328 e. The number of nitrogens with zero attached hydrogens (tertiary/aromatic N) is 2. The minimum absolute atomic E-state index is 0.309. The average molecular weight is 273 g/mol. The van der Waals surface area contributed by atoms with Crippen LogP contribution in [0.4, 0.5) is 8.78 Å². The highest BCUT2D eigenvalue weighted by Crippen LogP contribution is 2.23. The molecule has 2 rings (SSSR count). The number of Topliss-reactive ketones (excluding diaryl/α,β-unsaturated/α-hetero) is 1. The number of rotatable bonds is 4. The van der Waals surface area contributed by atoms with Gasteiger partial charge in [0.15, 0.2) is 0 Å². The third-order valence-electron chi connectivity index (χ3n) is 2.68. The van der Waals surface area contributed by atoms with Crippen LogP contribution in [0.15, 0.2) is 24.3 Å². The van der Waals surface area contributed by atoms with Gasteiger partial charge in [-0.25, -0.2) is 4.98 Å². The average Bonchev–Trinajstić information content (AvgIpc) is 2.64. The molecule has 18 heavy (non-hydrogen) atoms. The van der Waals surface area contributed by atoms with Crippen molar-refractivity contribution in [3.05, 3.63) is 30.1 Å². The second-order valence-corrected chi connectivity index (χ2v) is 4.33. The van der Waals surface area contributed by atoms with Crippen LogP contribution in [-0.4, -0.2) is 20.7 Å². The van der Waals surface area contributed by atoms with Crippen molar-refractivity contribution in [2.24, 2.45) is 0 Å². The van der Waals surface area contributed by atoms with Crippen LogP contribution >= 0.6 is 11.6 Å². The summed E-state index contributed by atoms with van der Waals surface area (Å²) in [5.74, 6) is -1.03. The lowest BCUT2D eigenvalue weighted by Crippen LogP contribution is -2.24. The van der Waals surface area contributed by atoms with Gasteiger partial charge in [-0.3, -0.25) is 4.79 Å². The lowest BCUT2D eigenvalue weighted by Gasteiger charge is -2.08. The topological polar surface area (TPSA) is 34.9 Å². The first-order valence-corrected chi connectivity index (χ1v) is 5.85. The van der Waals surface area contributed by atoms with Crippen LogP contribution < -0.4 is 0 Å². The molecular formula is C12H11ClF2N2O. The van der Waals surface area contributed by atoms with Crippen molar-refractivity contribution in [1.29, 1.82) is 0 Å². The molecule has 2 aromatic rings. The highest BCUT2D eigenvalue weighted by Gasteiger charge is 2.36. The van der Waals surface area contributed by atoms with Gasteiger partial charge in [-0.15, -0.1) is 0 Å². The zero-order chi connectivity index (χ0) is 13.3. The van der Waals surface area contributed by atoms with Crippen molar-refractivity contribution in [3.63, 3.8) is 0 Å². The van der Waals surface area contributed by atoms with E-state index in [1.54, 1.807) is 16.7 Å². The minimum atomic E-state index is -3.84. The number of aryl methyl sites for hydroxylation is 1. The fraction of sp³-hybridized carbons (Fsp3) is 0.333. The SMILES string of the molecule is CCn1c(CC(=O)C(F)(F)Cl)nc2ccccc21. The van der Waals surface area contributed by atoms with Crippen molar-refractivity contribution in [2.75, 3.05) is 0 Å². The van der Waals surface area contributed by atoms with Gasteiger partial charge < -0.3 is 4.57 Å². The molecule has 0 radical (unpaired) electrons. The van der Waals surface area contributed by atoms with Crippen LogP contribution in [0.1, 0.15) is 12.7 Å². The molecule has 0 aliphatic rings. The van der Waals surface area contributed by atoms with Gasteiger partial charge in [0.25, 0.3) is 0 Å². The number of hydrogen-bond acceptors (Lipinski definition) is 2. The van der Waals surface area contributed by atoms with Gasteiger partial charge in [0.1, 0.15) is 5.82 Å². The van der Waals surface area contributed by atoms with Gasteiger partial charge in [-0.2, -0.15) is 8.78 Å². The highest BCUT2D eigenvalue weighted by atomic mass is 35.5. The molecule has 6 heteroatoms. The van der Waals surface area contributed by atoms with Crippen LogP contribution in [0.5, 0.6) is 0 Å². The van der Waals surface area contributed by atoms with Gasteiger partial charge in [0, 0.05) is 6.54 Å². The molecule has 0 spiro atoms. The summed E-state index contributed by atoms with van der Waals surface area (Å²) in [6.07, 6.45) is -0.473. The molecular weight excluding hydrogens is 262 g/mol. The summed E-state index contributed by atoms with van der Waals surface area (Å²) in [5.41, 5.74) is 1.50. The summed E-state index contributed by atoms with van der Waals surface area (Å²) < 4.78 is 27.1. The highest BCUT2D eigenvalue weighted by molar-refractivity contribution is 6.32. The summed E-state index contributed by atoms with van der Waals surface area (Å²) in [6, 6.07) is 7.24. The maximum atomic E-state index is 12.7. The second kappa shape index (κ2) is 4.65. The van der Waals surface area contributed by atoms with Crippen LogP contribution in [0.25, 0.3) is 11.0 Å². The molecule has 1 heterocycles. The molecule has 0 N–H and O–H groups in total. The molecule has 0 aliphatic heterocycles. The van der Waals surface area contributed by atoms with E-state index in [9.17, 15) is 13.6 Å². The number of carbonyl (C=O) groups excluding carboxylic acids is 1. The number of aromatic nitrogens is 2. The summed E-state index contributed by atoms with van der Waals surface area (Å²) in [5, 5.41) is -3.84. The van der Waals surface area contributed by atoms with Gasteiger partial charge in [-0.1, -0.05) is 12.1 Å². The predicted octanol–water partition coefficient (Wildman–Crippen LogP) is 3.00. The van der Waals surface area contributed by atoms with E-state index in [-0.39, 0.29) is 0 Å². The molecule has 0 atom stereocenters. The lowest BCUT2D eigenvalue weighted by molar-refractivity contribution is -0.132. The van der Waals surface area contributed by atoms with E-state index in [4.69, 9.17) is 11.6 Å². The molecule has 0 aliphatic carbocycles. The molecule has 0 unspecified atom stereocenters. The summed E-state index contributed by atoms with van der Waals surface area (Å²) in [7, 11) is 0. The Morgan fingerprint density at radius 3 is 2.72 bits per heavy atom. The Bertz CT molecular complexity index is 589. The monoisotopic (exact) mass is 272 g/mol. The van der Waals surface area contributed by atoms with E-state index in [1.165, 1.54) is 0 Å². The first-order chi connectivity index (χ1) is 8.43. The van der Waals surface area contributed by atoms with Crippen LogP contribution in [-0.2, 0) is 17.8 Å². The Morgan fingerprint density at radius 2 is 2.11 bits per heavy atom. The molecule has 0 amide bonds. The summed E-state index contributed by atoms with van der Waals surface area (Å²) in [6.45, 7) is 2.41. The molecule has 0 fully saturated rings. The lowest BCUT2D eigenvalue weighted by atomic mass is 10.2. The van der Waals surface area contributed by atoms with E-state index in [0.717, 1.165) is 5.52 Å². The van der Waals surface area contributed by atoms with Gasteiger partial charge in [-0.05, 0) is 30.7 Å². The first kappa shape index (κ1) is 13.0. The first-order valence-electron chi connectivity index (χ1n) is 5.47. The fourth-order valence-corrected chi connectivity index (χ4v) is 1.92. The zero-order valence-corrected chi connectivity index (χ0v) is 10.4. The maximum absolute atomic E-state index is 12.7. The van der Waals surface area contributed by atoms with E-state index in [2.05, 4.69) is 4.98 Å². The molecule has 0 bridgehead atoms. The molecule has 0 saturated heterocycles. The Kier molecular flexibility index (Phi) is 3.34. The quantitative estimate of drug-likeness (QED) is 0.802. The largest absolute Gasteiger partial charge is 0.380 e. The van der Waals surface area contributed by atoms with E-state index in [1.807, 2.05) is 19.1 Å². The molecule has 3 nitrogen and oxygen atoms in total. The van der Waals surface area contributed by atoms with Crippen molar-refractivity contribution in [2.45, 2.75) is 25.3 Å². The number of ketones is 1. The summed E-state index contributed by atoms with van der Waals surface area (Å²) in [4.78, 5) is 15.4. The number of fused-ring (bicyclic) bond motifs is 1. The van der Waals surface area contributed by atoms with Crippen molar-refractivity contribution < 1.29 is 13.6 Å².